The number of hydrogen-bond acceptors (Lipinski definition) is 8. The molecule has 0 saturated carbocycles. The first-order valence-corrected chi connectivity index (χ1v) is 17.4. The summed E-state index contributed by atoms with van der Waals surface area (Å²) in [7, 11) is 4.09. The standard InChI is InChI=1S/C36H53N7O4/c1-26-22-27(24-39-34(26)37)23-33(35(45)41-17-10-29(11-18-41)28-8-15-40(3)16-9-28)47-36(46)42-20-13-31(14-21-42)43(25-44)19-12-30-6-4-5-7-32(30)38-2/h4-7,22,24-25,28-29,31,33,38H,8-21,23H2,1-3H3,(H2,37,39)/t33-/m1/s1. The minimum atomic E-state index is -0.941. The number of nitrogens with zero attached hydrogens (tertiary/aromatic N) is 5. The van der Waals surface area contributed by atoms with Gasteiger partial charge in [-0.05, 0) is 107 Å². The van der Waals surface area contributed by atoms with Crippen LogP contribution in [0, 0.1) is 18.8 Å². The van der Waals surface area contributed by atoms with E-state index in [0.29, 0.717) is 57.3 Å². The Bertz CT molecular complexity index is 1350. The quantitative estimate of drug-likeness (QED) is 0.353. The number of benzene rings is 1. The number of amides is 3. The van der Waals surface area contributed by atoms with Crippen LogP contribution < -0.4 is 11.1 Å². The monoisotopic (exact) mass is 647 g/mol. The van der Waals surface area contributed by atoms with Crippen LogP contribution >= 0.6 is 0 Å². The normalized spacial score (nSPS) is 19.3. The molecular weight excluding hydrogens is 594 g/mol. The van der Waals surface area contributed by atoms with Crippen LogP contribution in [0.4, 0.5) is 16.3 Å². The number of nitrogen functional groups attached to an aromatic ring is 1. The lowest BCUT2D eigenvalue weighted by atomic mass is 9.79. The number of pyridine rings is 1. The number of nitrogens with two attached hydrogens (primary N) is 1. The van der Waals surface area contributed by atoms with E-state index in [-0.39, 0.29) is 18.4 Å². The Balaban J connectivity index is 1.17. The molecule has 3 aliphatic rings. The smallest absolute Gasteiger partial charge is 0.410 e. The lowest BCUT2D eigenvalue weighted by Gasteiger charge is -2.40. The number of aromatic nitrogens is 1. The Morgan fingerprint density at radius 2 is 1.66 bits per heavy atom. The van der Waals surface area contributed by atoms with Crippen molar-refractivity contribution in [2.75, 3.05) is 71.0 Å². The Morgan fingerprint density at radius 3 is 2.30 bits per heavy atom. The number of ether oxygens (including phenoxy) is 1. The fourth-order valence-electron chi connectivity index (χ4n) is 7.57. The third kappa shape index (κ3) is 8.94. The number of likely N-dealkylation sites (tertiary alicyclic amines) is 3. The molecule has 0 unspecified atom stereocenters. The fourth-order valence-corrected chi connectivity index (χ4v) is 7.57. The Hall–Kier alpha value is -3.86. The third-order valence-corrected chi connectivity index (χ3v) is 10.6. The number of rotatable bonds is 11. The van der Waals surface area contributed by atoms with Gasteiger partial charge in [-0.2, -0.15) is 0 Å². The van der Waals surface area contributed by atoms with Crippen LogP contribution in [0.15, 0.2) is 36.5 Å². The summed E-state index contributed by atoms with van der Waals surface area (Å²) < 4.78 is 6.03. The molecule has 2 aromatic rings. The summed E-state index contributed by atoms with van der Waals surface area (Å²) in [5, 5.41) is 3.21. The van der Waals surface area contributed by atoms with Gasteiger partial charge in [0.2, 0.25) is 6.41 Å². The summed E-state index contributed by atoms with van der Waals surface area (Å²) in [4.78, 5) is 51.6. The van der Waals surface area contributed by atoms with Gasteiger partial charge in [0.1, 0.15) is 5.82 Å². The Kier molecular flexibility index (Phi) is 12.0. The van der Waals surface area contributed by atoms with Crippen LogP contribution in [0.5, 0.6) is 0 Å². The van der Waals surface area contributed by atoms with Crippen molar-refractivity contribution in [2.24, 2.45) is 11.8 Å². The minimum Gasteiger partial charge on any atom is -0.436 e. The molecule has 11 heteroatoms. The average molecular weight is 648 g/mol. The molecule has 47 heavy (non-hydrogen) atoms. The van der Waals surface area contributed by atoms with Crippen LogP contribution in [-0.4, -0.2) is 115 Å². The fraction of sp³-hybridized carbons (Fsp3) is 0.611. The molecule has 3 aliphatic heterocycles. The molecule has 1 aromatic heterocycles. The second-order valence-corrected chi connectivity index (χ2v) is 13.6. The molecule has 0 spiro atoms. The minimum absolute atomic E-state index is 0.0467. The van der Waals surface area contributed by atoms with E-state index in [2.05, 4.69) is 28.3 Å². The van der Waals surface area contributed by atoms with Crippen LogP contribution in [0.25, 0.3) is 0 Å². The molecule has 11 nitrogen and oxygen atoms in total. The molecule has 3 saturated heterocycles. The molecule has 1 aromatic carbocycles. The van der Waals surface area contributed by atoms with Gasteiger partial charge < -0.3 is 35.4 Å². The van der Waals surface area contributed by atoms with Crippen molar-refractivity contribution in [1.29, 1.82) is 0 Å². The van der Waals surface area contributed by atoms with Gasteiger partial charge in [-0.25, -0.2) is 9.78 Å². The topological polar surface area (TPSA) is 124 Å². The molecule has 0 radical (unpaired) electrons. The maximum Gasteiger partial charge on any atom is 0.410 e. The van der Waals surface area contributed by atoms with E-state index in [4.69, 9.17) is 10.5 Å². The van der Waals surface area contributed by atoms with Gasteiger partial charge in [0.05, 0.1) is 0 Å². The average Bonchev–Trinajstić information content (AvgIpc) is 3.10. The predicted molar refractivity (Wildman–Crippen MR) is 184 cm³/mol. The summed E-state index contributed by atoms with van der Waals surface area (Å²) >= 11 is 0. The van der Waals surface area contributed by atoms with Crippen LogP contribution in [0.1, 0.15) is 55.2 Å². The van der Waals surface area contributed by atoms with Crippen molar-refractivity contribution in [2.45, 2.75) is 70.4 Å². The van der Waals surface area contributed by atoms with E-state index in [0.717, 1.165) is 67.1 Å². The van der Waals surface area contributed by atoms with Crippen molar-refractivity contribution >= 4 is 29.9 Å². The zero-order chi connectivity index (χ0) is 33.3. The highest BCUT2D eigenvalue weighted by atomic mass is 16.6. The number of carbonyl (C=O) groups is 3. The lowest BCUT2D eigenvalue weighted by molar-refractivity contribution is -0.142. The predicted octanol–water partition coefficient (Wildman–Crippen LogP) is 3.81. The summed E-state index contributed by atoms with van der Waals surface area (Å²) in [5.74, 6) is 1.67. The first-order chi connectivity index (χ1) is 22.7. The van der Waals surface area contributed by atoms with Gasteiger partial charge in [-0.15, -0.1) is 0 Å². The Labute approximate surface area is 279 Å². The number of hydrogen-bond donors (Lipinski definition) is 2. The maximum atomic E-state index is 13.9. The molecule has 0 bridgehead atoms. The SMILES string of the molecule is CNc1ccccc1CCN(C=O)C1CCN(C(=O)O[C@H](Cc2cnc(N)c(C)c2)C(=O)N2CCC(C3CCN(C)CC3)CC2)CC1. The van der Waals surface area contributed by atoms with Gasteiger partial charge in [0.25, 0.3) is 5.91 Å². The second-order valence-electron chi connectivity index (χ2n) is 13.6. The number of aryl methyl sites for hydroxylation is 1. The van der Waals surface area contributed by atoms with Gasteiger partial charge in [-0.3, -0.25) is 9.59 Å². The molecule has 1 atom stereocenters. The molecule has 0 aliphatic carbocycles. The van der Waals surface area contributed by atoms with E-state index in [1.54, 1.807) is 11.1 Å². The maximum absolute atomic E-state index is 13.9. The van der Waals surface area contributed by atoms with Gasteiger partial charge >= 0.3 is 6.09 Å². The lowest BCUT2D eigenvalue weighted by Crippen LogP contribution is -2.50. The zero-order valence-electron chi connectivity index (χ0n) is 28.4. The number of para-hydroxylation sites is 1. The van der Waals surface area contributed by atoms with Gasteiger partial charge in [0.15, 0.2) is 6.10 Å². The van der Waals surface area contributed by atoms with E-state index in [1.165, 1.54) is 12.8 Å². The summed E-state index contributed by atoms with van der Waals surface area (Å²) in [5.41, 5.74) is 9.81. The van der Waals surface area contributed by atoms with Gasteiger partial charge in [-0.1, -0.05) is 24.3 Å². The Morgan fingerprint density at radius 1 is 1.02 bits per heavy atom. The van der Waals surface area contributed by atoms with Crippen molar-refractivity contribution < 1.29 is 19.1 Å². The van der Waals surface area contributed by atoms with Crippen molar-refractivity contribution in [3.8, 4) is 0 Å². The molecule has 5 rings (SSSR count). The van der Waals surface area contributed by atoms with E-state index >= 15 is 0 Å². The molecule has 3 fully saturated rings. The van der Waals surface area contributed by atoms with Gasteiger partial charge in [0, 0.05) is 64.1 Å². The largest absolute Gasteiger partial charge is 0.436 e. The van der Waals surface area contributed by atoms with Crippen LogP contribution in [0.2, 0.25) is 0 Å². The number of anilines is 2. The molecule has 4 heterocycles. The van der Waals surface area contributed by atoms with E-state index in [1.807, 2.05) is 48.0 Å². The second kappa shape index (κ2) is 16.3. The van der Waals surface area contributed by atoms with E-state index in [9.17, 15) is 14.4 Å². The highest BCUT2D eigenvalue weighted by Crippen LogP contribution is 2.32. The molecular formula is C36H53N7O4. The third-order valence-electron chi connectivity index (χ3n) is 10.6. The zero-order valence-corrected chi connectivity index (χ0v) is 28.4. The van der Waals surface area contributed by atoms with Crippen molar-refractivity contribution in [1.82, 2.24) is 24.6 Å². The summed E-state index contributed by atoms with van der Waals surface area (Å²) in [6, 6.07) is 10.1. The molecule has 256 valence electrons. The van der Waals surface area contributed by atoms with Crippen LogP contribution in [-0.2, 0) is 27.2 Å². The van der Waals surface area contributed by atoms with Crippen molar-refractivity contribution in [3.63, 3.8) is 0 Å². The van der Waals surface area contributed by atoms with E-state index < -0.39 is 12.2 Å². The summed E-state index contributed by atoms with van der Waals surface area (Å²) in [6.45, 7) is 7.09. The summed E-state index contributed by atoms with van der Waals surface area (Å²) in [6.07, 6.45) is 7.91. The number of carbonyl (C=O) groups excluding carboxylic acids is 3. The first kappa shape index (κ1) is 34.5. The number of nitrogens with one attached hydrogen (secondary N) is 1. The van der Waals surface area contributed by atoms with Crippen molar-refractivity contribution in [3.05, 3.63) is 53.2 Å². The first-order valence-electron chi connectivity index (χ1n) is 17.4. The highest BCUT2D eigenvalue weighted by molar-refractivity contribution is 5.84. The number of piperidine rings is 3. The molecule has 3 N–H and O–H groups in total. The van der Waals surface area contributed by atoms with Crippen LogP contribution in [0.3, 0.4) is 0 Å². The highest BCUT2D eigenvalue weighted by Gasteiger charge is 2.36. The molecule has 3 amide bonds.